The third-order valence-electron chi connectivity index (χ3n) is 10.9. The van der Waals surface area contributed by atoms with E-state index in [-0.39, 0.29) is 0 Å². The van der Waals surface area contributed by atoms with Gasteiger partial charge in [0.15, 0.2) is 0 Å². The summed E-state index contributed by atoms with van der Waals surface area (Å²) in [5, 5.41) is 0. The van der Waals surface area contributed by atoms with Gasteiger partial charge in [0.1, 0.15) is 0 Å². The van der Waals surface area contributed by atoms with Crippen molar-refractivity contribution in [2.24, 2.45) is 58.0 Å². The predicted molar refractivity (Wildman–Crippen MR) is 121 cm³/mol. The smallest absolute Gasteiger partial charge is 0.00418 e. The summed E-state index contributed by atoms with van der Waals surface area (Å²) >= 11 is 0. The van der Waals surface area contributed by atoms with Crippen LogP contribution in [-0.2, 0) is 0 Å². The SMILES string of the molecule is CC(C)CCC[C@@H](C)[C@H]1CC[C@H]2[C@@H]3CCC4CC(N)CC[C@]4(C)[C@H]3CC[C@]12C. The summed E-state index contributed by atoms with van der Waals surface area (Å²) in [6.07, 6.45) is 17.5. The molecule has 0 aliphatic heterocycles. The fourth-order valence-electron chi connectivity index (χ4n) is 9.32. The Kier molecular flexibility index (Phi) is 5.98. The molecule has 0 spiro atoms. The van der Waals surface area contributed by atoms with Gasteiger partial charge in [-0.1, -0.05) is 53.9 Å². The van der Waals surface area contributed by atoms with Crippen molar-refractivity contribution in [1.29, 1.82) is 0 Å². The van der Waals surface area contributed by atoms with Gasteiger partial charge in [-0.25, -0.2) is 0 Å². The molecule has 0 amide bonds. The van der Waals surface area contributed by atoms with E-state index in [1.54, 1.807) is 0 Å². The minimum Gasteiger partial charge on any atom is -0.328 e. The average molecular weight is 388 g/mol. The van der Waals surface area contributed by atoms with Crippen LogP contribution in [0, 0.1) is 52.3 Å². The monoisotopic (exact) mass is 387 g/mol. The molecule has 162 valence electrons. The molecule has 0 heterocycles. The zero-order valence-electron chi connectivity index (χ0n) is 19.7. The molecule has 2 N–H and O–H groups in total. The van der Waals surface area contributed by atoms with Crippen LogP contribution in [0.4, 0.5) is 0 Å². The first kappa shape index (κ1) is 21.2. The molecule has 4 aliphatic rings. The second-order valence-corrected chi connectivity index (χ2v) is 12.7. The van der Waals surface area contributed by atoms with Gasteiger partial charge in [0.25, 0.3) is 0 Å². The standard InChI is InChI=1S/C27H49N/c1-18(2)7-6-8-19(3)23-11-12-24-22-10-9-20-17-21(28)13-15-26(20,4)25(22)14-16-27(23,24)5/h18-25H,6-17,28H2,1-5H3/t19-,20?,21?,22+,23-,24+,25+,26+,27-/m1/s1. The van der Waals surface area contributed by atoms with Crippen LogP contribution in [0.5, 0.6) is 0 Å². The van der Waals surface area contributed by atoms with Gasteiger partial charge in [-0.05, 0) is 110 Å². The number of rotatable bonds is 5. The van der Waals surface area contributed by atoms with Gasteiger partial charge in [-0.3, -0.25) is 0 Å². The Morgan fingerprint density at radius 2 is 1.54 bits per heavy atom. The molecule has 4 rings (SSSR count). The molecule has 2 unspecified atom stereocenters. The van der Waals surface area contributed by atoms with Crippen molar-refractivity contribution in [2.75, 3.05) is 0 Å². The van der Waals surface area contributed by atoms with Gasteiger partial charge in [0.05, 0.1) is 0 Å². The van der Waals surface area contributed by atoms with E-state index < -0.39 is 0 Å². The van der Waals surface area contributed by atoms with E-state index in [4.69, 9.17) is 5.73 Å². The van der Waals surface area contributed by atoms with Gasteiger partial charge in [-0.2, -0.15) is 0 Å². The highest BCUT2D eigenvalue weighted by molar-refractivity contribution is 5.09. The highest BCUT2D eigenvalue weighted by atomic mass is 14.7. The van der Waals surface area contributed by atoms with Crippen LogP contribution in [0.15, 0.2) is 0 Å². The fourth-order valence-corrected chi connectivity index (χ4v) is 9.32. The third kappa shape index (κ3) is 3.50. The van der Waals surface area contributed by atoms with Crippen molar-refractivity contribution in [3.63, 3.8) is 0 Å². The quantitative estimate of drug-likeness (QED) is 0.521. The van der Waals surface area contributed by atoms with E-state index in [1.807, 2.05) is 0 Å². The summed E-state index contributed by atoms with van der Waals surface area (Å²) in [7, 11) is 0. The lowest BCUT2D eigenvalue weighted by atomic mass is 9.44. The minimum absolute atomic E-state index is 0.492. The lowest BCUT2D eigenvalue weighted by Gasteiger charge is -2.61. The van der Waals surface area contributed by atoms with E-state index in [0.29, 0.717) is 16.9 Å². The van der Waals surface area contributed by atoms with Gasteiger partial charge in [-0.15, -0.1) is 0 Å². The molecule has 4 fully saturated rings. The molecule has 28 heavy (non-hydrogen) atoms. The summed E-state index contributed by atoms with van der Waals surface area (Å²) in [4.78, 5) is 0. The van der Waals surface area contributed by atoms with Crippen LogP contribution in [-0.4, -0.2) is 6.04 Å². The Morgan fingerprint density at radius 1 is 0.821 bits per heavy atom. The number of hydrogen-bond donors (Lipinski definition) is 1. The van der Waals surface area contributed by atoms with Crippen molar-refractivity contribution in [3.8, 4) is 0 Å². The van der Waals surface area contributed by atoms with Crippen LogP contribution in [0.2, 0.25) is 0 Å². The predicted octanol–water partition coefficient (Wildman–Crippen LogP) is 7.44. The zero-order valence-corrected chi connectivity index (χ0v) is 19.7. The van der Waals surface area contributed by atoms with Crippen LogP contribution < -0.4 is 5.73 Å². The Balaban J connectivity index is 1.46. The molecule has 0 bridgehead atoms. The maximum absolute atomic E-state index is 6.39. The second kappa shape index (κ2) is 7.90. The Labute approximate surface area is 176 Å². The van der Waals surface area contributed by atoms with E-state index in [2.05, 4.69) is 34.6 Å². The van der Waals surface area contributed by atoms with Gasteiger partial charge in [0, 0.05) is 6.04 Å². The summed E-state index contributed by atoms with van der Waals surface area (Å²) < 4.78 is 0. The second-order valence-electron chi connectivity index (χ2n) is 12.7. The largest absolute Gasteiger partial charge is 0.328 e. The van der Waals surface area contributed by atoms with Gasteiger partial charge >= 0.3 is 0 Å². The van der Waals surface area contributed by atoms with Crippen LogP contribution in [0.1, 0.15) is 112 Å². The summed E-state index contributed by atoms with van der Waals surface area (Å²) in [6.45, 7) is 12.8. The van der Waals surface area contributed by atoms with Crippen LogP contribution >= 0.6 is 0 Å². The van der Waals surface area contributed by atoms with Crippen molar-refractivity contribution in [3.05, 3.63) is 0 Å². The molecule has 0 aromatic rings. The first-order chi connectivity index (χ1) is 13.3. The minimum atomic E-state index is 0.492. The maximum atomic E-state index is 6.39. The molecule has 0 aromatic heterocycles. The molecular formula is C27H49N. The molecule has 4 aliphatic carbocycles. The maximum Gasteiger partial charge on any atom is 0.00418 e. The molecule has 1 nitrogen and oxygen atoms in total. The van der Waals surface area contributed by atoms with Crippen molar-refractivity contribution < 1.29 is 0 Å². The average Bonchev–Trinajstić information content (AvgIpc) is 2.99. The number of fused-ring (bicyclic) bond motifs is 5. The van der Waals surface area contributed by atoms with E-state index in [1.165, 1.54) is 77.0 Å². The molecule has 1 heteroatoms. The lowest BCUT2D eigenvalue weighted by molar-refractivity contribution is -0.116. The van der Waals surface area contributed by atoms with Crippen LogP contribution in [0.25, 0.3) is 0 Å². The molecule has 0 saturated heterocycles. The van der Waals surface area contributed by atoms with Crippen molar-refractivity contribution >= 4 is 0 Å². The zero-order chi connectivity index (χ0) is 20.1. The topological polar surface area (TPSA) is 26.0 Å². The Hall–Kier alpha value is -0.0400. The van der Waals surface area contributed by atoms with Gasteiger partial charge in [0.2, 0.25) is 0 Å². The summed E-state index contributed by atoms with van der Waals surface area (Å²) in [5.41, 5.74) is 7.64. The van der Waals surface area contributed by atoms with Crippen LogP contribution in [0.3, 0.4) is 0 Å². The lowest BCUT2D eigenvalue weighted by Crippen LogP contribution is -2.54. The number of hydrogen-bond acceptors (Lipinski definition) is 1. The van der Waals surface area contributed by atoms with Crippen molar-refractivity contribution in [1.82, 2.24) is 0 Å². The Morgan fingerprint density at radius 3 is 2.29 bits per heavy atom. The molecule has 4 saturated carbocycles. The summed E-state index contributed by atoms with van der Waals surface area (Å²) in [5.74, 6) is 6.79. The molecule has 0 aromatic carbocycles. The summed E-state index contributed by atoms with van der Waals surface area (Å²) in [6, 6.07) is 0.492. The Bertz CT molecular complexity index is 540. The molecule has 0 radical (unpaired) electrons. The third-order valence-corrected chi connectivity index (χ3v) is 10.9. The first-order valence-electron chi connectivity index (χ1n) is 13.0. The fraction of sp³-hybridized carbons (Fsp3) is 1.00. The normalized spacial score (nSPS) is 49.4. The number of nitrogens with two attached hydrogens (primary N) is 1. The molecular weight excluding hydrogens is 338 g/mol. The molecule has 9 atom stereocenters. The van der Waals surface area contributed by atoms with Gasteiger partial charge < -0.3 is 5.73 Å². The van der Waals surface area contributed by atoms with E-state index in [0.717, 1.165) is 41.4 Å². The van der Waals surface area contributed by atoms with Crippen molar-refractivity contribution in [2.45, 2.75) is 118 Å². The first-order valence-corrected chi connectivity index (χ1v) is 13.0. The highest BCUT2D eigenvalue weighted by Crippen LogP contribution is 2.68. The van der Waals surface area contributed by atoms with E-state index in [9.17, 15) is 0 Å². The highest BCUT2D eigenvalue weighted by Gasteiger charge is 2.60. The van der Waals surface area contributed by atoms with E-state index >= 15 is 0 Å².